The van der Waals surface area contributed by atoms with Gasteiger partial charge < -0.3 is 10.2 Å². The minimum Gasteiger partial charge on any atom is -0.373 e. The van der Waals surface area contributed by atoms with Crippen LogP contribution in [0.5, 0.6) is 0 Å². The van der Waals surface area contributed by atoms with Gasteiger partial charge in [0.15, 0.2) is 0 Å². The van der Waals surface area contributed by atoms with Gasteiger partial charge in [-0.1, -0.05) is 18.2 Å². The van der Waals surface area contributed by atoms with Crippen molar-refractivity contribution in [1.29, 1.82) is 0 Å². The van der Waals surface area contributed by atoms with Crippen LogP contribution in [-0.4, -0.2) is 36.1 Å². The Hall–Kier alpha value is -1.72. The van der Waals surface area contributed by atoms with E-state index in [0.717, 1.165) is 11.3 Å². The van der Waals surface area contributed by atoms with Crippen molar-refractivity contribution < 1.29 is 18.0 Å². The second kappa shape index (κ2) is 5.24. The minimum atomic E-state index is -4.14. The Bertz CT molecular complexity index is 511. The molecule has 6 heteroatoms. The molecule has 0 unspecified atom stereocenters. The Morgan fingerprint density at radius 3 is 2.48 bits per heavy atom. The number of likely N-dealkylation sites (tertiary alicyclic amines) is 1. The Labute approximate surface area is 121 Å². The highest BCUT2D eigenvalue weighted by Gasteiger charge is 2.42. The van der Waals surface area contributed by atoms with Gasteiger partial charge in [0, 0.05) is 25.2 Å². The lowest BCUT2D eigenvalue weighted by atomic mass is 9.95. The van der Waals surface area contributed by atoms with E-state index in [1.54, 1.807) is 4.90 Å². The first-order valence-electron chi connectivity index (χ1n) is 7.15. The van der Waals surface area contributed by atoms with Crippen molar-refractivity contribution in [2.45, 2.75) is 31.5 Å². The summed E-state index contributed by atoms with van der Waals surface area (Å²) < 4.78 is 37.9. The molecule has 3 nitrogen and oxygen atoms in total. The lowest BCUT2D eigenvalue weighted by Gasteiger charge is -2.34. The second-order valence-electron chi connectivity index (χ2n) is 5.70. The molecule has 0 saturated carbocycles. The predicted octanol–water partition coefficient (Wildman–Crippen LogP) is 2.82. The smallest absolute Gasteiger partial charge is 0.373 e. The molecule has 3 rings (SSSR count). The summed E-state index contributed by atoms with van der Waals surface area (Å²) in [5.41, 5.74) is 2.03. The molecular formula is C15H17F3N2O. The molecule has 1 saturated heterocycles. The van der Waals surface area contributed by atoms with E-state index in [2.05, 4.69) is 5.32 Å². The first-order valence-corrected chi connectivity index (χ1v) is 7.15. The number of halogens is 3. The number of para-hydroxylation sites is 1. The van der Waals surface area contributed by atoms with Crippen molar-refractivity contribution in [3.63, 3.8) is 0 Å². The third-order valence-electron chi connectivity index (χ3n) is 4.34. The van der Waals surface area contributed by atoms with Gasteiger partial charge >= 0.3 is 6.18 Å². The molecule has 0 bridgehead atoms. The number of carbonyl (C=O) groups is 1. The molecular weight excluding hydrogens is 281 g/mol. The zero-order valence-corrected chi connectivity index (χ0v) is 11.5. The predicted molar refractivity (Wildman–Crippen MR) is 72.9 cm³/mol. The Morgan fingerprint density at radius 1 is 1.19 bits per heavy atom. The van der Waals surface area contributed by atoms with Crippen molar-refractivity contribution in [2.75, 3.05) is 18.4 Å². The van der Waals surface area contributed by atoms with Crippen LogP contribution in [0.4, 0.5) is 18.9 Å². The molecule has 2 aliphatic rings. The SMILES string of the molecule is O=C([C@@H]1Cc2ccccc2N1)N1CCC(C(F)(F)F)CC1. The molecule has 114 valence electrons. The fraction of sp³-hybridized carbons (Fsp3) is 0.533. The van der Waals surface area contributed by atoms with E-state index in [1.807, 2.05) is 24.3 Å². The molecule has 0 aliphatic carbocycles. The van der Waals surface area contributed by atoms with Gasteiger partial charge in [0.1, 0.15) is 6.04 Å². The van der Waals surface area contributed by atoms with E-state index in [0.29, 0.717) is 6.42 Å². The minimum absolute atomic E-state index is 0.00884. The maximum atomic E-state index is 12.6. The average molecular weight is 298 g/mol. The largest absolute Gasteiger partial charge is 0.391 e. The quantitative estimate of drug-likeness (QED) is 0.864. The summed E-state index contributed by atoms with van der Waals surface area (Å²) >= 11 is 0. The van der Waals surface area contributed by atoms with Gasteiger partial charge in [0.05, 0.1) is 5.92 Å². The summed E-state index contributed by atoms with van der Waals surface area (Å²) in [6.07, 6.45) is -3.52. The first kappa shape index (κ1) is 14.2. The zero-order valence-electron chi connectivity index (χ0n) is 11.5. The summed E-state index contributed by atoms with van der Waals surface area (Å²) in [5.74, 6) is -1.36. The monoisotopic (exact) mass is 298 g/mol. The van der Waals surface area contributed by atoms with Gasteiger partial charge in [-0.05, 0) is 24.5 Å². The van der Waals surface area contributed by atoms with Crippen molar-refractivity contribution in [3.05, 3.63) is 29.8 Å². The topological polar surface area (TPSA) is 32.3 Å². The van der Waals surface area contributed by atoms with E-state index >= 15 is 0 Å². The molecule has 0 aromatic heterocycles. The molecule has 2 aliphatic heterocycles. The van der Waals surface area contributed by atoms with Crippen molar-refractivity contribution in [1.82, 2.24) is 4.90 Å². The fourth-order valence-corrected chi connectivity index (χ4v) is 3.09. The maximum absolute atomic E-state index is 12.6. The Morgan fingerprint density at radius 2 is 1.86 bits per heavy atom. The summed E-state index contributed by atoms with van der Waals surface area (Å²) in [7, 11) is 0. The molecule has 1 fully saturated rings. The Balaban J connectivity index is 1.59. The van der Waals surface area contributed by atoms with Gasteiger partial charge in [-0.2, -0.15) is 13.2 Å². The Kier molecular flexibility index (Phi) is 3.55. The molecule has 0 radical (unpaired) electrons. The average Bonchev–Trinajstić information content (AvgIpc) is 2.89. The highest BCUT2D eigenvalue weighted by atomic mass is 19.4. The number of anilines is 1. The van der Waals surface area contributed by atoms with Crippen LogP contribution in [0, 0.1) is 5.92 Å². The van der Waals surface area contributed by atoms with Crippen LogP contribution in [0.1, 0.15) is 18.4 Å². The standard InChI is InChI=1S/C15H17F3N2O/c16-15(17,18)11-5-7-20(8-6-11)14(21)13-9-10-3-1-2-4-12(10)19-13/h1-4,11,13,19H,5-9H2/t13-/m0/s1. The molecule has 1 N–H and O–H groups in total. The van der Waals surface area contributed by atoms with Crippen LogP contribution in [0.2, 0.25) is 0 Å². The van der Waals surface area contributed by atoms with Crippen molar-refractivity contribution in [3.8, 4) is 0 Å². The third kappa shape index (κ3) is 2.84. The van der Waals surface area contributed by atoms with Gasteiger partial charge in [0.2, 0.25) is 5.91 Å². The molecule has 1 atom stereocenters. The van der Waals surface area contributed by atoms with Gasteiger partial charge in [0.25, 0.3) is 0 Å². The normalized spacial score (nSPS) is 22.8. The van der Waals surface area contributed by atoms with Crippen LogP contribution in [0.25, 0.3) is 0 Å². The number of hydrogen-bond acceptors (Lipinski definition) is 2. The van der Waals surface area contributed by atoms with E-state index in [4.69, 9.17) is 0 Å². The van der Waals surface area contributed by atoms with E-state index < -0.39 is 12.1 Å². The highest BCUT2D eigenvalue weighted by Crippen LogP contribution is 2.34. The van der Waals surface area contributed by atoms with E-state index in [-0.39, 0.29) is 37.9 Å². The van der Waals surface area contributed by atoms with Crippen LogP contribution >= 0.6 is 0 Å². The summed E-state index contributed by atoms with van der Waals surface area (Å²) in [6.45, 7) is 0.384. The van der Waals surface area contributed by atoms with E-state index in [9.17, 15) is 18.0 Å². The lowest BCUT2D eigenvalue weighted by molar-refractivity contribution is -0.186. The molecule has 1 aromatic rings. The molecule has 1 amide bonds. The van der Waals surface area contributed by atoms with Gasteiger partial charge in [-0.3, -0.25) is 4.79 Å². The summed E-state index contributed by atoms with van der Waals surface area (Å²) in [5, 5.41) is 3.16. The number of amides is 1. The van der Waals surface area contributed by atoms with E-state index in [1.165, 1.54) is 0 Å². The number of alkyl halides is 3. The first-order chi connectivity index (χ1) is 9.95. The maximum Gasteiger partial charge on any atom is 0.391 e. The van der Waals surface area contributed by atoms with Crippen LogP contribution in [-0.2, 0) is 11.2 Å². The van der Waals surface area contributed by atoms with Crippen LogP contribution < -0.4 is 5.32 Å². The number of hydrogen-bond donors (Lipinski definition) is 1. The molecule has 2 heterocycles. The number of nitrogens with one attached hydrogen (secondary N) is 1. The number of fused-ring (bicyclic) bond motifs is 1. The number of carbonyl (C=O) groups excluding carboxylic acids is 1. The molecule has 21 heavy (non-hydrogen) atoms. The van der Waals surface area contributed by atoms with Gasteiger partial charge in [-0.15, -0.1) is 0 Å². The number of rotatable bonds is 1. The van der Waals surface area contributed by atoms with Gasteiger partial charge in [-0.25, -0.2) is 0 Å². The summed E-state index contributed by atoms with van der Waals surface area (Å²) in [4.78, 5) is 14.0. The number of piperidine rings is 1. The second-order valence-corrected chi connectivity index (χ2v) is 5.70. The molecule has 0 spiro atoms. The van der Waals surface area contributed by atoms with Crippen LogP contribution in [0.3, 0.4) is 0 Å². The number of benzene rings is 1. The summed E-state index contributed by atoms with van der Waals surface area (Å²) in [6, 6.07) is 7.35. The number of nitrogens with zero attached hydrogens (tertiary/aromatic N) is 1. The highest BCUT2D eigenvalue weighted by molar-refractivity contribution is 5.87. The lowest BCUT2D eigenvalue weighted by Crippen LogP contribution is -2.47. The zero-order chi connectivity index (χ0) is 15.0. The van der Waals surface area contributed by atoms with Crippen molar-refractivity contribution >= 4 is 11.6 Å². The third-order valence-corrected chi connectivity index (χ3v) is 4.34. The fourth-order valence-electron chi connectivity index (χ4n) is 3.09. The molecule has 1 aromatic carbocycles. The van der Waals surface area contributed by atoms with Crippen molar-refractivity contribution in [2.24, 2.45) is 5.92 Å². The van der Waals surface area contributed by atoms with Crippen LogP contribution in [0.15, 0.2) is 24.3 Å².